The number of ether oxygens (including phenoxy) is 2. The topological polar surface area (TPSA) is 84.9 Å². The number of carbonyl (C=O) groups is 1. The molecule has 2 atom stereocenters. The molecule has 8 heteroatoms. The number of hydrogen-bond acceptors (Lipinski definition) is 5. The summed E-state index contributed by atoms with van der Waals surface area (Å²) in [6.07, 6.45) is -0.321. The monoisotopic (exact) mass is 404 g/mol. The Balaban J connectivity index is 1.74. The van der Waals surface area contributed by atoms with Crippen molar-refractivity contribution in [3.63, 3.8) is 0 Å². The van der Waals surface area contributed by atoms with E-state index in [9.17, 15) is 13.2 Å². The van der Waals surface area contributed by atoms with E-state index in [1.54, 1.807) is 31.4 Å². The van der Waals surface area contributed by atoms with Gasteiger partial charge in [-0.2, -0.15) is 4.31 Å². The third-order valence-electron chi connectivity index (χ3n) is 4.47. The van der Waals surface area contributed by atoms with Gasteiger partial charge in [-0.05, 0) is 50.2 Å². The van der Waals surface area contributed by atoms with Crippen molar-refractivity contribution in [1.29, 1.82) is 0 Å². The van der Waals surface area contributed by atoms with E-state index in [-0.39, 0.29) is 23.0 Å². The molecule has 150 valence electrons. The van der Waals surface area contributed by atoms with Gasteiger partial charge in [0.2, 0.25) is 10.0 Å². The first-order valence-electron chi connectivity index (χ1n) is 9.00. The highest BCUT2D eigenvalue weighted by atomic mass is 32.2. The summed E-state index contributed by atoms with van der Waals surface area (Å²) in [6, 6.07) is 12.9. The fourth-order valence-electron chi connectivity index (χ4n) is 3.16. The minimum Gasteiger partial charge on any atom is -0.497 e. The number of carbonyl (C=O) groups excluding carboxylic acids is 1. The van der Waals surface area contributed by atoms with Crippen LogP contribution in [0.2, 0.25) is 0 Å². The van der Waals surface area contributed by atoms with Crippen molar-refractivity contribution >= 4 is 21.6 Å². The first-order chi connectivity index (χ1) is 13.3. The molecule has 0 aliphatic carbocycles. The summed E-state index contributed by atoms with van der Waals surface area (Å²) in [5.41, 5.74) is 0.961. The maximum atomic E-state index is 12.9. The molecular weight excluding hydrogens is 380 g/mol. The summed E-state index contributed by atoms with van der Waals surface area (Å²) < 4.78 is 37.9. The van der Waals surface area contributed by atoms with Crippen LogP contribution in [0.5, 0.6) is 5.75 Å². The second-order valence-electron chi connectivity index (χ2n) is 6.79. The molecule has 1 heterocycles. The standard InChI is InChI=1S/C20H24N2O5S/c1-14-12-22(13-15(2)27-14)28(24,25)19-9-7-16(8-10-19)20(23)21-17-5-4-6-18(11-17)26-3/h4-11,14-15H,12-13H2,1-3H3,(H,21,23)/t14-,15-/m0/s1. The molecule has 1 N–H and O–H groups in total. The first-order valence-corrected chi connectivity index (χ1v) is 10.4. The third kappa shape index (κ3) is 4.52. The van der Waals surface area contributed by atoms with E-state index in [2.05, 4.69) is 5.32 Å². The van der Waals surface area contributed by atoms with E-state index in [0.717, 1.165) is 0 Å². The number of methoxy groups -OCH3 is 1. The molecule has 1 aliphatic heterocycles. The normalized spacial score (nSPS) is 20.5. The summed E-state index contributed by atoms with van der Waals surface area (Å²) >= 11 is 0. The zero-order valence-corrected chi connectivity index (χ0v) is 16.9. The number of nitrogens with one attached hydrogen (secondary N) is 1. The van der Waals surface area contributed by atoms with Crippen molar-refractivity contribution in [2.75, 3.05) is 25.5 Å². The van der Waals surface area contributed by atoms with Crippen molar-refractivity contribution in [3.05, 3.63) is 54.1 Å². The number of hydrogen-bond donors (Lipinski definition) is 1. The van der Waals surface area contributed by atoms with Crippen LogP contribution in [0.3, 0.4) is 0 Å². The summed E-state index contributed by atoms with van der Waals surface area (Å²) in [6.45, 7) is 4.32. The van der Waals surface area contributed by atoms with Crippen molar-refractivity contribution in [1.82, 2.24) is 4.31 Å². The van der Waals surface area contributed by atoms with Crippen molar-refractivity contribution in [3.8, 4) is 5.75 Å². The highest BCUT2D eigenvalue weighted by molar-refractivity contribution is 7.89. The van der Waals surface area contributed by atoms with E-state index in [4.69, 9.17) is 9.47 Å². The molecule has 0 saturated carbocycles. The van der Waals surface area contributed by atoms with Crippen molar-refractivity contribution in [2.24, 2.45) is 0 Å². The van der Waals surface area contributed by atoms with E-state index < -0.39 is 10.0 Å². The van der Waals surface area contributed by atoms with Crippen LogP contribution < -0.4 is 10.1 Å². The first kappa shape index (κ1) is 20.3. The molecule has 1 saturated heterocycles. The lowest BCUT2D eigenvalue weighted by atomic mass is 10.2. The Morgan fingerprint density at radius 3 is 2.36 bits per heavy atom. The number of morpholine rings is 1. The quantitative estimate of drug-likeness (QED) is 0.828. The Bertz CT molecular complexity index is 933. The van der Waals surface area contributed by atoms with Crippen molar-refractivity contribution < 1.29 is 22.7 Å². The number of rotatable bonds is 5. The van der Waals surface area contributed by atoms with Crippen molar-refractivity contribution in [2.45, 2.75) is 31.0 Å². The molecule has 3 rings (SSSR count). The highest BCUT2D eigenvalue weighted by Gasteiger charge is 2.32. The summed E-state index contributed by atoms with van der Waals surface area (Å²) in [5.74, 6) is 0.305. The predicted molar refractivity (Wildman–Crippen MR) is 106 cm³/mol. The van der Waals surface area contributed by atoms with Crippen LogP contribution in [0.1, 0.15) is 24.2 Å². The third-order valence-corrected chi connectivity index (χ3v) is 6.31. The second kappa shape index (κ2) is 8.30. The molecule has 0 radical (unpaired) electrons. The number of amides is 1. The van der Waals surface area contributed by atoms with Crippen LogP contribution in [-0.4, -0.2) is 51.0 Å². The molecule has 0 spiro atoms. The molecular formula is C20H24N2O5S. The molecule has 2 aromatic rings. The zero-order valence-electron chi connectivity index (χ0n) is 16.1. The maximum Gasteiger partial charge on any atom is 0.255 e. The lowest BCUT2D eigenvalue weighted by Crippen LogP contribution is -2.48. The summed E-state index contributed by atoms with van der Waals surface area (Å²) in [4.78, 5) is 12.6. The van der Waals surface area contributed by atoms with Gasteiger partial charge in [0, 0.05) is 30.4 Å². The van der Waals surface area contributed by atoms with Gasteiger partial charge in [-0.3, -0.25) is 4.79 Å². The lowest BCUT2D eigenvalue weighted by molar-refractivity contribution is -0.0440. The average molecular weight is 404 g/mol. The molecule has 1 aliphatic rings. The lowest BCUT2D eigenvalue weighted by Gasteiger charge is -2.34. The van der Waals surface area contributed by atoms with Gasteiger partial charge in [0.1, 0.15) is 5.75 Å². The van der Waals surface area contributed by atoms with Gasteiger partial charge >= 0.3 is 0 Å². The SMILES string of the molecule is COc1cccc(NC(=O)c2ccc(S(=O)(=O)N3C[C@H](C)O[C@@H](C)C3)cc2)c1. The number of benzene rings is 2. The van der Waals surface area contributed by atoms with Crippen LogP contribution in [-0.2, 0) is 14.8 Å². The summed E-state index contributed by atoms with van der Waals surface area (Å²) in [5, 5.41) is 2.77. The van der Waals surface area contributed by atoms with Gasteiger partial charge in [0.15, 0.2) is 0 Å². The van der Waals surface area contributed by atoms with Gasteiger partial charge in [-0.15, -0.1) is 0 Å². The Morgan fingerprint density at radius 1 is 1.11 bits per heavy atom. The zero-order chi connectivity index (χ0) is 20.3. The molecule has 0 bridgehead atoms. The van der Waals surface area contributed by atoms with Gasteiger partial charge in [0.05, 0.1) is 24.2 Å². The van der Waals surface area contributed by atoms with Crippen LogP contribution in [0.15, 0.2) is 53.4 Å². The Hall–Kier alpha value is -2.42. The summed E-state index contributed by atoms with van der Waals surface area (Å²) in [7, 11) is -2.08. The Morgan fingerprint density at radius 2 is 1.75 bits per heavy atom. The van der Waals surface area contributed by atoms with E-state index in [1.807, 2.05) is 13.8 Å². The molecule has 7 nitrogen and oxygen atoms in total. The Labute approximate surface area is 165 Å². The van der Waals surface area contributed by atoms with E-state index >= 15 is 0 Å². The molecule has 0 aromatic heterocycles. The predicted octanol–water partition coefficient (Wildman–Crippen LogP) is 2.75. The van der Waals surface area contributed by atoms with Crippen LogP contribution in [0.4, 0.5) is 5.69 Å². The molecule has 1 amide bonds. The van der Waals surface area contributed by atoms with Crippen LogP contribution in [0, 0.1) is 0 Å². The van der Waals surface area contributed by atoms with E-state index in [1.165, 1.54) is 28.6 Å². The largest absolute Gasteiger partial charge is 0.497 e. The molecule has 2 aromatic carbocycles. The fraction of sp³-hybridized carbons (Fsp3) is 0.350. The van der Waals surface area contributed by atoms with Crippen LogP contribution in [0.25, 0.3) is 0 Å². The van der Waals surface area contributed by atoms with Gasteiger partial charge in [-0.1, -0.05) is 6.07 Å². The van der Waals surface area contributed by atoms with E-state index in [0.29, 0.717) is 30.1 Å². The number of sulfonamides is 1. The minimum absolute atomic E-state index is 0.159. The Kier molecular flexibility index (Phi) is 6.02. The van der Waals surface area contributed by atoms with Gasteiger partial charge < -0.3 is 14.8 Å². The molecule has 28 heavy (non-hydrogen) atoms. The maximum absolute atomic E-state index is 12.9. The highest BCUT2D eigenvalue weighted by Crippen LogP contribution is 2.22. The average Bonchev–Trinajstić information content (AvgIpc) is 2.67. The minimum atomic E-state index is -3.63. The fourth-order valence-corrected chi connectivity index (χ4v) is 4.75. The molecule has 1 fully saturated rings. The van der Waals surface area contributed by atoms with Gasteiger partial charge in [-0.25, -0.2) is 8.42 Å². The molecule has 0 unspecified atom stereocenters. The smallest absolute Gasteiger partial charge is 0.255 e. The number of anilines is 1. The second-order valence-corrected chi connectivity index (χ2v) is 8.73. The van der Waals surface area contributed by atoms with Gasteiger partial charge in [0.25, 0.3) is 5.91 Å². The number of nitrogens with zero attached hydrogens (tertiary/aromatic N) is 1. The van der Waals surface area contributed by atoms with Crippen LogP contribution >= 0.6 is 0 Å².